The Morgan fingerprint density at radius 1 is 1.23 bits per heavy atom. The number of azo groups is 1. The fourth-order valence-corrected chi connectivity index (χ4v) is 1.77. The van der Waals surface area contributed by atoms with Gasteiger partial charge in [-0.2, -0.15) is 0 Å². The van der Waals surface area contributed by atoms with E-state index in [4.69, 9.17) is 4.74 Å². The van der Waals surface area contributed by atoms with E-state index in [-0.39, 0.29) is 28.4 Å². The summed E-state index contributed by atoms with van der Waals surface area (Å²) in [7, 11) is 1.43. The van der Waals surface area contributed by atoms with Crippen LogP contribution in [0.1, 0.15) is 5.56 Å². The van der Waals surface area contributed by atoms with Crippen LogP contribution < -0.4 is 4.74 Å². The number of nitrogens with zero attached hydrogens (tertiary/aromatic N) is 3. The lowest BCUT2D eigenvalue weighted by Gasteiger charge is -2.07. The van der Waals surface area contributed by atoms with Crippen LogP contribution in [0, 0.1) is 10.1 Å². The summed E-state index contributed by atoms with van der Waals surface area (Å²) >= 11 is 0. The summed E-state index contributed by atoms with van der Waals surface area (Å²) in [5, 5.41) is 37.7. The molecule has 0 unspecified atom stereocenters. The minimum absolute atomic E-state index is 0.0431. The highest BCUT2D eigenvalue weighted by Gasteiger charge is 2.13. The van der Waals surface area contributed by atoms with Gasteiger partial charge in [-0.1, -0.05) is 12.1 Å². The molecule has 114 valence electrons. The Morgan fingerprint density at radius 3 is 2.55 bits per heavy atom. The first-order valence-corrected chi connectivity index (χ1v) is 6.22. The number of nitro benzene ring substituents is 1. The summed E-state index contributed by atoms with van der Waals surface area (Å²) in [6, 6.07) is 8.72. The zero-order chi connectivity index (χ0) is 16.1. The zero-order valence-corrected chi connectivity index (χ0v) is 11.6. The lowest BCUT2D eigenvalue weighted by atomic mass is 10.1. The second-order valence-corrected chi connectivity index (χ2v) is 4.26. The van der Waals surface area contributed by atoms with Gasteiger partial charge in [-0.05, 0) is 12.1 Å². The van der Waals surface area contributed by atoms with E-state index in [9.17, 15) is 20.3 Å². The molecule has 2 aromatic rings. The van der Waals surface area contributed by atoms with Crippen LogP contribution in [-0.4, -0.2) is 22.2 Å². The van der Waals surface area contributed by atoms with Gasteiger partial charge in [0.05, 0.1) is 18.6 Å². The van der Waals surface area contributed by atoms with Crippen LogP contribution in [0.15, 0.2) is 46.6 Å². The number of hydrogen-bond acceptors (Lipinski definition) is 7. The summed E-state index contributed by atoms with van der Waals surface area (Å²) in [5.74, 6) is 0.115. The van der Waals surface area contributed by atoms with Crippen LogP contribution in [0.25, 0.3) is 0 Å². The molecule has 2 aromatic carbocycles. The smallest absolute Gasteiger partial charge is 0.296 e. The van der Waals surface area contributed by atoms with Crippen molar-refractivity contribution in [1.29, 1.82) is 0 Å². The highest BCUT2D eigenvalue weighted by atomic mass is 16.6. The van der Waals surface area contributed by atoms with Crippen LogP contribution >= 0.6 is 0 Å². The van der Waals surface area contributed by atoms with Crippen LogP contribution in [0.2, 0.25) is 0 Å². The minimum atomic E-state index is -0.570. The molecule has 0 radical (unpaired) electrons. The first-order valence-electron chi connectivity index (χ1n) is 6.22. The summed E-state index contributed by atoms with van der Waals surface area (Å²) in [6.07, 6.45) is 0. The van der Waals surface area contributed by atoms with Gasteiger partial charge < -0.3 is 14.9 Å². The van der Waals surface area contributed by atoms with Gasteiger partial charge in [0.2, 0.25) is 0 Å². The van der Waals surface area contributed by atoms with E-state index in [0.29, 0.717) is 5.75 Å². The number of benzene rings is 2. The van der Waals surface area contributed by atoms with Crippen molar-refractivity contribution in [3.05, 3.63) is 52.1 Å². The fourth-order valence-electron chi connectivity index (χ4n) is 1.77. The molecule has 0 fully saturated rings. The molecule has 0 aromatic heterocycles. The maximum atomic E-state index is 10.9. The summed E-state index contributed by atoms with van der Waals surface area (Å²) < 4.78 is 5.03. The van der Waals surface area contributed by atoms with Crippen molar-refractivity contribution in [2.75, 3.05) is 7.11 Å². The number of para-hydroxylation sites is 1. The van der Waals surface area contributed by atoms with Crippen molar-refractivity contribution in [1.82, 2.24) is 0 Å². The molecule has 0 saturated carbocycles. The number of aromatic hydroxyl groups is 1. The van der Waals surface area contributed by atoms with Gasteiger partial charge in [0.1, 0.15) is 17.2 Å². The number of rotatable bonds is 5. The van der Waals surface area contributed by atoms with Gasteiger partial charge in [0.25, 0.3) is 5.69 Å². The normalized spacial score (nSPS) is 10.8. The Balaban J connectivity index is 2.44. The highest BCUT2D eigenvalue weighted by Crippen LogP contribution is 2.37. The molecular formula is C14H13N3O5. The summed E-state index contributed by atoms with van der Waals surface area (Å²) in [5.41, 5.74) is 0.119. The van der Waals surface area contributed by atoms with Crippen molar-refractivity contribution >= 4 is 17.1 Å². The quantitative estimate of drug-likeness (QED) is 0.499. The molecule has 2 rings (SSSR count). The largest absolute Gasteiger partial charge is 0.505 e. The lowest BCUT2D eigenvalue weighted by molar-refractivity contribution is -0.384. The molecule has 0 amide bonds. The van der Waals surface area contributed by atoms with Crippen LogP contribution in [0.4, 0.5) is 17.1 Å². The van der Waals surface area contributed by atoms with Crippen molar-refractivity contribution in [3.8, 4) is 11.5 Å². The molecule has 0 spiro atoms. The van der Waals surface area contributed by atoms with E-state index in [2.05, 4.69) is 10.2 Å². The van der Waals surface area contributed by atoms with Crippen LogP contribution in [-0.2, 0) is 6.61 Å². The number of methoxy groups -OCH3 is 1. The predicted molar refractivity (Wildman–Crippen MR) is 77.9 cm³/mol. The topological polar surface area (TPSA) is 118 Å². The van der Waals surface area contributed by atoms with E-state index in [1.54, 1.807) is 6.07 Å². The highest BCUT2D eigenvalue weighted by molar-refractivity contribution is 5.60. The molecule has 2 N–H and O–H groups in total. The predicted octanol–water partition coefficient (Wildman–Crippen LogP) is 3.22. The second-order valence-electron chi connectivity index (χ2n) is 4.26. The SMILES string of the molecule is COc1cc(CO)c(O)c(N=Nc2ccccc2[N+](=O)[O-])c1. The average Bonchev–Trinajstić information content (AvgIpc) is 2.54. The van der Waals surface area contributed by atoms with Crippen molar-refractivity contribution in [3.63, 3.8) is 0 Å². The van der Waals surface area contributed by atoms with Gasteiger partial charge in [-0.25, -0.2) is 0 Å². The van der Waals surface area contributed by atoms with Crippen molar-refractivity contribution in [2.24, 2.45) is 10.2 Å². The Kier molecular flexibility index (Phi) is 4.64. The first kappa shape index (κ1) is 15.4. The molecule has 0 saturated heterocycles. The molecule has 8 nitrogen and oxygen atoms in total. The molecule has 0 aliphatic heterocycles. The maximum absolute atomic E-state index is 10.9. The Labute approximate surface area is 125 Å². The van der Waals surface area contributed by atoms with Gasteiger partial charge in [-0.15, -0.1) is 10.2 Å². The zero-order valence-electron chi connectivity index (χ0n) is 11.6. The van der Waals surface area contributed by atoms with E-state index >= 15 is 0 Å². The molecule has 0 atom stereocenters. The molecular weight excluding hydrogens is 290 g/mol. The Hall–Kier alpha value is -3.00. The Morgan fingerprint density at radius 2 is 1.91 bits per heavy atom. The van der Waals surface area contributed by atoms with Gasteiger partial charge >= 0.3 is 0 Å². The van der Waals surface area contributed by atoms with Crippen LogP contribution in [0.5, 0.6) is 11.5 Å². The summed E-state index contributed by atoms with van der Waals surface area (Å²) in [4.78, 5) is 10.3. The van der Waals surface area contributed by atoms with Crippen LogP contribution in [0.3, 0.4) is 0 Å². The van der Waals surface area contributed by atoms with Gasteiger partial charge in [0, 0.05) is 17.7 Å². The fraction of sp³-hybridized carbons (Fsp3) is 0.143. The third kappa shape index (κ3) is 3.18. The molecule has 8 heteroatoms. The Bertz CT molecular complexity index is 730. The van der Waals surface area contributed by atoms with E-state index in [1.165, 1.54) is 37.4 Å². The first-order chi connectivity index (χ1) is 10.6. The van der Waals surface area contributed by atoms with Crippen molar-refractivity contribution in [2.45, 2.75) is 6.61 Å². The third-order valence-corrected chi connectivity index (χ3v) is 2.89. The van der Waals surface area contributed by atoms with Crippen molar-refractivity contribution < 1.29 is 19.9 Å². The molecule has 0 heterocycles. The maximum Gasteiger partial charge on any atom is 0.296 e. The molecule has 0 aliphatic rings. The molecule has 0 aliphatic carbocycles. The second kappa shape index (κ2) is 6.64. The van der Waals surface area contributed by atoms with E-state index in [0.717, 1.165) is 0 Å². The number of ether oxygens (including phenoxy) is 1. The number of aliphatic hydroxyl groups excluding tert-OH is 1. The van der Waals surface area contributed by atoms with E-state index < -0.39 is 11.5 Å². The average molecular weight is 303 g/mol. The number of aliphatic hydroxyl groups is 1. The monoisotopic (exact) mass is 303 g/mol. The van der Waals surface area contributed by atoms with Gasteiger partial charge in [-0.3, -0.25) is 10.1 Å². The molecule has 22 heavy (non-hydrogen) atoms. The summed E-state index contributed by atoms with van der Waals surface area (Å²) in [6.45, 7) is -0.406. The van der Waals surface area contributed by atoms with Gasteiger partial charge in [0.15, 0.2) is 5.69 Å². The number of nitro groups is 1. The minimum Gasteiger partial charge on any atom is -0.505 e. The van der Waals surface area contributed by atoms with E-state index in [1.807, 2.05) is 0 Å². The molecule has 0 bridgehead atoms. The number of hydrogen-bond donors (Lipinski definition) is 2. The third-order valence-electron chi connectivity index (χ3n) is 2.89. The standard InChI is InChI=1S/C14H13N3O5/c1-22-10-6-9(8-18)14(19)12(7-10)16-15-11-4-2-3-5-13(11)17(20)21/h2-7,18-19H,8H2,1H3. The number of phenols is 1. The lowest BCUT2D eigenvalue weighted by Crippen LogP contribution is -1.89.